The number of amides is 1. The molecule has 0 radical (unpaired) electrons. The summed E-state index contributed by atoms with van der Waals surface area (Å²) in [6.07, 6.45) is 2.75. The van der Waals surface area contributed by atoms with E-state index >= 15 is 0 Å². The van der Waals surface area contributed by atoms with Crippen molar-refractivity contribution in [2.24, 2.45) is 0 Å². The van der Waals surface area contributed by atoms with Gasteiger partial charge in [-0.15, -0.1) is 0 Å². The zero-order valence-corrected chi connectivity index (χ0v) is 15.1. The minimum absolute atomic E-state index is 0.140. The SMILES string of the molecule is O=C(c1ccc(-c2ccccc2)cc1)N1CCN(C[C@@H]2CCCO2)CC1. The van der Waals surface area contributed by atoms with Crippen LogP contribution >= 0.6 is 0 Å². The number of carbonyl (C=O) groups excluding carboxylic acids is 1. The molecule has 2 aliphatic rings. The topological polar surface area (TPSA) is 32.8 Å². The number of rotatable bonds is 4. The third kappa shape index (κ3) is 3.97. The molecule has 0 aliphatic carbocycles. The molecular weight excluding hydrogens is 324 g/mol. The highest BCUT2D eigenvalue weighted by molar-refractivity contribution is 5.94. The predicted molar refractivity (Wildman–Crippen MR) is 103 cm³/mol. The number of carbonyl (C=O) groups is 1. The van der Waals surface area contributed by atoms with Crippen LogP contribution in [0.5, 0.6) is 0 Å². The Hall–Kier alpha value is -2.17. The van der Waals surface area contributed by atoms with Gasteiger partial charge >= 0.3 is 0 Å². The zero-order valence-electron chi connectivity index (χ0n) is 15.1. The van der Waals surface area contributed by atoms with Gasteiger partial charge in [-0.05, 0) is 36.1 Å². The average Bonchev–Trinajstić information content (AvgIpc) is 3.22. The maximum absolute atomic E-state index is 12.8. The van der Waals surface area contributed by atoms with Crippen LogP contribution in [0, 0.1) is 0 Å². The number of nitrogens with zero attached hydrogens (tertiary/aromatic N) is 2. The molecule has 0 saturated carbocycles. The van der Waals surface area contributed by atoms with Gasteiger partial charge in [-0.25, -0.2) is 0 Å². The average molecular weight is 350 g/mol. The zero-order chi connectivity index (χ0) is 17.8. The summed E-state index contributed by atoms with van der Waals surface area (Å²) in [7, 11) is 0. The van der Waals surface area contributed by atoms with Gasteiger partial charge in [0.1, 0.15) is 0 Å². The van der Waals surface area contributed by atoms with Crippen LogP contribution in [0.15, 0.2) is 54.6 Å². The van der Waals surface area contributed by atoms with Gasteiger partial charge in [-0.1, -0.05) is 42.5 Å². The van der Waals surface area contributed by atoms with Crippen LogP contribution in [-0.2, 0) is 4.74 Å². The van der Waals surface area contributed by atoms with Gasteiger partial charge in [-0.2, -0.15) is 0 Å². The summed E-state index contributed by atoms with van der Waals surface area (Å²) in [4.78, 5) is 17.2. The van der Waals surface area contributed by atoms with E-state index in [1.165, 1.54) is 18.4 Å². The highest BCUT2D eigenvalue weighted by atomic mass is 16.5. The largest absolute Gasteiger partial charge is 0.377 e. The van der Waals surface area contributed by atoms with Crippen LogP contribution in [0.25, 0.3) is 11.1 Å². The second kappa shape index (κ2) is 8.02. The Balaban J connectivity index is 1.33. The molecule has 0 aromatic heterocycles. The lowest BCUT2D eigenvalue weighted by molar-refractivity contribution is 0.0433. The molecule has 0 bridgehead atoms. The minimum atomic E-state index is 0.140. The molecule has 2 heterocycles. The van der Waals surface area contributed by atoms with E-state index in [0.29, 0.717) is 6.10 Å². The Morgan fingerprint density at radius 3 is 2.27 bits per heavy atom. The molecule has 1 atom stereocenters. The van der Waals surface area contributed by atoms with Crippen LogP contribution in [-0.4, -0.2) is 61.1 Å². The molecule has 26 heavy (non-hydrogen) atoms. The van der Waals surface area contributed by atoms with Gasteiger partial charge in [0.15, 0.2) is 0 Å². The summed E-state index contributed by atoms with van der Waals surface area (Å²) >= 11 is 0. The van der Waals surface area contributed by atoms with E-state index in [9.17, 15) is 4.79 Å². The fourth-order valence-electron chi connectivity index (χ4n) is 3.83. The van der Waals surface area contributed by atoms with Crippen molar-refractivity contribution in [1.29, 1.82) is 0 Å². The van der Waals surface area contributed by atoms with Gasteiger partial charge in [0, 0.05) is 44.9 Å². The van der Waals surface area contributed by atoms with Crippen molar-refractivity contribution < 1.29 is 9.53 Å². The third-order valence-electron chi connectivity index (χ3n) is 5.38. The smallest absolute Gasteiger partial charge is 0.253 e. The molecule has 4 heteroatoms. The molecule has 2 saturated heterocycles. The summed E-state index contributed by atoms with van der Waals surface area (Å²) in [5.41, 5.74) is 3.09. The van der Waals surface area contributed by atoms with Crippen molar-refractivity contribution in [3.05, 3.63) is 60.2 Å². The van der Waals surface area contributed by atoms with Crippen molar-refractivity contribution in [3.63, 3.8) is 0 Å². The number of hydrogen-bond acceptors (Lipinski definition) is 3. The first-order valence-electron chi connectivity index (χ1n) is 9.58. The Labute approximate surface area is 155 Å². The molecule has 2 aromatic carbocycles. The van der Waals surface area contributed by atoms with E-state index in [-0.39, 0.29) is 5.91 Å². The molecule has 0 unspecified atom stereocenters. The van der Waals surface area contributed by atoms with E-state index in [4.69, 9.17) is 4.74 Å². The van der Waals surface area contributed by atoms with Crippen LogP contribution < -0.4 is 0 Å². The monoisotopic (exact) mass is 350 g/mol. The Bertz CT molecular complexity index is 716. The first kappa shape index (κ1) is 17.3. The van der Waals surface area contributed by atoms with Gasteiger partial charge in [0.2, 0.25) is 0 Å². The second-order valence-corrected chi connectivity index (χ2v) is 7.17. The maximum atomic E-state index is 12.8. The second-order valence-electron chi connectivity index (χ2n) is 7.17. The molecular formula is C22H26N2O2. The normalized spacial score (nSPS) is 21.1. The highest BCUT2D eigenvalue weighted by Crippen LogP contribution is 2.20. The van der Waals surface area contributed by atoms with Gasteiger partial charge in [0.25, 0.3) is 5.91 Å². The molecule has 1 amide bonds. The lowest BCUT2D eigenvalue weighted by Gasteiger charge is -2.35. The van der Waals surface area contributed by atoms with Crippen molar-refractivity contribution in [2.45, 2.75) is 18.9 Å². The van der Waals surface area contributed by atoms with Gasteiger partial charge < -0.3 is 9.64 Å². The van der Waals surface area contributed by atoms with Gasteiger partial charge in [-0.3, -0.25) is 9.69 Å². The van der Waals surface area contributed by atoms with Crippen LogP contribution in [0.2, 0.25) is 0 Å². The molecule has 4 nitrogen and oxygen atoms in total. The predicted octanol–water partition coefficient (Wildman–Crippen LogP) is 3.29. The van der Waals surface area contributed by atoms with Crippen molar-refractivity contribution >= 4 is 5.91 Å². The van der Waals surface area contributed by atoms with Crippen LogP contribution in [0.4, 0.5) is 0 Å². The Kier molecular flexibility index (Phi) is 5.32. The summed E-state index contributed by atoms with van der Waals surface area (Å²) in [6.45, 7) is 5.38. The first-order valence-corrected chi connectivity index (χ1v) is 9.58. The lowest BCUT2D eigenvalue weighted by atomic mass is 10.0. The van der Waals surface area contributed by atoms with Crippen molar-refractivity contribution in [3.8, 4) is 11.1 Å². The number of ether oxygens (including phenoxy) is 1. The van der Waals surface area contributed by atoms with E-state index in [1.807, 2.05) is 47.4 Å². The fraction of sp³-hybridized carbons (Fsp3) is 0.409. The molecule has 2 aliphatic heterocycles. The molecule has 2 fully saturated rings. The quantitative estimate of drug-likeness (QED) is 0.848. The standard InChI is InChI=1S/C22H26N2O2/c25-22(20-10-8-19(9-11-20)18-5-2-1-3-6-18)24-14-12-23(13-15-24)17-21-7-4-16-26-21/h1-3,5-6,8-11,21H,4,7,12-17H2/t21-/m0/s1. The highest BCUT2D eigenvalue weighted by Gasteiger charge is 2.25. The Morgan fingerprint density at radius 1 is 0.923 bits per heavy atom. The summed E-state index contributed by atoms with van der Waals surface area (Å²) in [5.74, 6) is 0.140. The minimum Gasteiger partial charge on any atom is -0.377 e. The van der Waals surface area contributed by atoms with E-state index in [1.54, 1.807) is 0 Å². The number of piperazine rings is 1. The summed E-state index contributed by atoms with van der Waals surface area (Å²) in [6, 6.07) is 18.2. The number of hydrogen-bond donors (Lipinski definition) is 0. The third-order valence-corrected chi connectivity index (χ3v) is 5.38. The van der Waals surface area contributed by atoms with Crippen molar-refractivity contribution in [2.75, 3.05) is 39.3 Å². The van der Waals surface area contributed by atoms with Crippen LogP contribution in [0.3, 0.4) is 0 Å². The molecule has 136 valence electrons. The van der Waals surface area contributed by atoms with Gasteiger partial charge in [0.05, 0.1) is 6.10 Å². The molecule has 0 N–H and O–H groups in total. The molecule has 2 aromatic rings. The van der Waals surface area contributed by atoms with E-state index in [0.717, 1.165) is 50.5 Å². The molecule has 4 rings (SSSR count). The van der Waals surface area contributed by atoms with E-state index < -0.39 is 0 Å². The van der Waals surface area contributed by atoms with Crippen LogP contribution in [0.1, 0.15) is 23.2 Å². The maximum Gasteiger partial charge on any atom is 0.253 e. The van der Waals surface area contributed by atoms with E-state index in [2.05, 4.69) is 17.0 Å². The lowest BCUT2D eigenvalue weighted by Crippen LogP contribution is -2.50. The molecule has 0 spiro atoms. The van der Waals surface area contributed by atoms with Crippen molar-refractivity contribution in [1.82, 2.24) is 9.80 Å². The fourth-order valence-corrected chi connectivity index (χ4v) is 3.83. The summed E-state index contributed by atoms with van der Waals surface area (Å²) in [5, 5.41) is 0. The first-order chi connectivity index (χ1) is 12.8. The Morgan fingerprint density at radius 2 is 1.62 bits per heavy atom. The number of benzene rings is 2. The summed E-state index contributed by atoms with van der Waals surface area (Å²) < 4.78 is 5.72.